The third kappa shape index (κ3) is 1.39. The van der Waals surface area contributed by atoms with Crippen molar-refractivity contribution in [3.05, 3.63) is 17.4 Å². The second-order valence-corrected chi connectivity index (χ2v) is 4.46. The fourth-order valence-corrected chi connectivity index (χ4v) is 1.92. The second-order valence-electron chi connectivity index (χ2n) is 4.46. The molecule has 1 heterocycles. The highest BCUT2D eigenvalue weighted by molar-refractivity contribution is 5.56. The number of nitrogens with two attached hydrogens (primary N) is 1. The number of benzene rings is 1. The van der Waals surface area contributed by atoms with Gasteiger partial charge < -0.3 is 20.3 Å². The molecule has 4 nitrogen and oxygen atoms in total. The van der Waals surface area contributed by atoms with Gasteiger partial charge >= 0.3 is 0 Å². The van der Waals surface area contributed by atoms with Gasteiger partial charge in [-0.25, -0.2) is 4.39 Å². The number of ether oxygens (including phenoxy) is 2. The van der Waals surface area contributed by atoms with E-state index in [2.05, 4.69) is 0 Å². The molecule has 1 aromatic rings. The maximum Gasteiger partial charge on any atom is 0.231 e. The van der Waals surface area contributed by atoms with E-state index in [1.165, 1.54) is 0 Å². The van der Waals surface area contributed by atoms with Crippen molar-refractivity contribution in [1.82, 2.24) is 0 Å². The Kier molecular flexibility index (Phi) is 1.83. The van der Waals surface area contributed by atoms with Gasteiger partial charge in [0.25, 0.3) is 0 Å². The van der Waals surface area contributed by atoms with Crippen LogP contribution in [0.2, 0.25) is 0 Å². The molecule has 0 unspecified atom stereocenters. The largest absolute Gasteiger partial charge is 0.505 e. The number of phenolic OH excluding ortho intramolecular Hbond substituents is 1. The molecule has 2 aliphatic rings. The number of hydrogen-bond donors (Lipinski definition) is 2. The monoisotopic (exact) mass is 225 g/mol. The zero-order valence-electron chi connectivity index (χ0n) is 8.62. The van der Waals surface area contributed by atoms with Crippen LogP contribution in [0.5, 0.6) is 17.2 Å². The summed E-state index contributed by atoms with van der Waals surface area (Å²) in [5.41, 5.74) is 6.07. The summed E-state index contributed by atoms with van der Waals surface area (Å²) in [6, 6.07) is 1.14. The van der Waals surface area contributed by atoms with E-state index < -0.39 is 5.82 Å². The lowest BCUT2D eigenvalue weighted by Crippen LogP contribution is -2.24. The molecule has 0 radical (unpaired) electrons. The van der Waals surface area contributed by atoms with Gasteiger partial charge in [-0.15, -0.1) is 0 Å². The topological polar surface area (TPSA) is 64.7 Å². The van der Waals surface area contributed by atoms with Crippen molar-refractivity contribution < 1.29 is 19.0 Å². The van der Waals surface area contributed by atoms with Gasteiger partial charge in [0.05, 0.1) is 0 Å². The Morgan fingerprint density at radius 1 is 1.44 bits per heavy atom. The lowest BCUT2D eigenvalue weighted by molar-refractivity contribution is 0.173. The fourth-order valence-electron chi connectivity index (χ4n) is 1.92. The average Bonchev–Trinajstić information content (AvgIpc) is 2.77. The molecule has 0 atom stereocenters. The Bertz CT molecular complexity index is 457. The summed E-state index contributed by atoms with van der Waals surface area (Å²) in [6.07, 6.45) is 2.19. The Hall–Kier alpha value is -1.49. The van der Waals surface area contributed by atoms with Crippen molar-refractivity contribution >= 4 is 0 Å². The van der Waals surface area contributed by atoms with Crippen LogP contribution in [0.25, 0.3) is 0 Å². The molecule has 0 aromatic heterocycles. The first-order chi connectivity index (χ1) is 7.59. The molecule has 3 N–H and O–H groups in total. The minimum Gasteiger partial charge on any atom is -0.505 e. The standard InChI is InChI=1S/C11H12FNO3/c12-7-3-8-10(16-5-15-8)6(9(7)14)4-11(13)1-2-11/h3,14H,1-2,4-5,13H2. The van der Waals surface area contributed by atoms with Crippen molar-refractivity contribution in [2.24, 2.45) is 5.73 Å². The molecule has 1 saturated carbocycles. The van der Waals surface area contributed by atoms with E-state index in [0.29, 0.717) is 23.5 Å². The van der Waals surface area contributed by atoms with E-state index in [9.17, 15) is 9.50 Å². The molecule has 0 bridgehead atoms. The number of halogens is 1. The molecule has 0 amide bonds. The second kappa shape index (κ2) is 3.01. The smallest absolute Gasteiger partial charge is 0.231 e. The summed E-state index contributed by atoms with van der Waals surface area (Å²) in [6.45, 7) is 0.0583. The summed E-state index contributed by atoms with van der Waals surface area (Å²) in [5, 5.41) is 9.69. The third-order valence-electron chi connectivity index (χ3n) is 3.11. The van der Waals surface area contributed by atoms with E-state index in [0.717, 1.165) is 18.9 Å². The summed E-state index contributed by atoms with van der Waals surface area (Å²) in [5.74, 6) is -0.297. The van der Waals surface area contributed by atoms with E-state index in [-0.39, 0.29) is 18.1 Å². The van der Waals surface area contributed by atoms with Crippen LogP contribution < -0.4 is 15.2 Å². The Labute approximate surface area is 91.8 Å². The van der Waals surface area contributed by atoms with Crippen molar-refractivity contribution in [2.75, 3.05) is 6.79 Å². The summed E-state index contributed by atoms with van der Waals surface area (Å²) in [7, 11) is 0. The van der Waals surface area contributed by atoms with Gasteiger partial charge in [-0.1, -0.05) is 0 Å². The maximum atomic E-state index is 13.4. The predicted octanol–water partition coefficient (Wildman–Crippen LogP) is 1.29. The molecule has 0 saturated heterocycles. The van der Waals surface area contributed by atoms with Crippen LogP contribution in [-0.4, -0.2) is 17.4 Å². The Morgan fingerprint density at radius 3 is 2.88 bits per heavy atom. The van der Waals surface area contributed by atoms with Crippen molar-refractivity contribution in [3.63, 3.8) is 0 Å². The number of rotatable bonds is 2. The number of fused-ring (bicyclic) bond motifs is 1. The summed E-state index contributed by atoms with van der Waals surface area (Å²) in [4.78, 5) is 0. The number of aromatic hydroxyl groups is 1. The number of hydrogen-bond acceptors (Lipinski definition) is 4. The van der Waals surface area contributed by atoms with Gasteiger partial charge in [-0.3, -0.25) is 0 Å². The van der Waals surface area contributed by atoms with Gasteiger partial charge in [-0.05, 0) is 19.3 Å². The molecule has 86 valence electrons. The summed E-state index contributed by atoms with van der Waals surface area (Å²) >= 11 is 0. The highest BCUT2D eigenvalue weighted by atomic mass is 19.1. The highest BCUT2D eigenvalue weighted by Gasteiger charge is 2.41. The normalized spacial score (nSPS) is 19.9. The first-order valence-corrected chi connectivity index (χ1v) is 5.18. The predicted molar refractivity (Wildman–Crippen MR) is 54.0 cm³/mol. The van der Waals surface area contributed by atoms with Crippen LogP contribution in [0.4, 0.5) is 4.39 Å². The lowest BCUT2D eigenvalue weighted by Gasteiger charge is -2.13. The third-order valence-corrected chi connectivity index (χ3v) is 3.11. The summed E-state index contributed by atoms with van der Waals surface area (Å²) < 4.78 is 23.7. The van der Waals surface area contributed by atoms with Crippen molar-refractivity contribution in [1.29, 1.82) is 0 Å². The van der Waals surface area contributed by atoms with E-state index in [4.69, 9.17) is 15.2 Å². The van der Waals surface area contributed by atoms with Crippen LogP contribution in [-0.2, 0) is 6.42 Å². The van der Waals surface area contributed by atoms with Gasteiger partial charge in [0, 0.05) is 17.2 Å². The lowest BCUT2D eigenvalue weighted by atomic mass is 10.0. The molecule has 1 aliphatic carbocycles. The van der Waals surface area contributed by atoms with E-state index in [1.54, 1.807) is 0 Å². The van der Waals surface area contributed by atoms with Gasteiger partial charge in [0.2, 0.25) is 6.79 Å². The molecule has 16 heavy (non-hydrogen) atoms. The maximum absolute atomic E-state index is 13.4. The minimum absolute atomic E-state index is 0.0583. The van der Waals surface area contributed by atoms with Gasteiger partial charge in [-0.2, -0.15) is 0 Å². The minimum atomic E-state index is -0.691. The fraction of sp³-hybridized carbons (Fsp3) is 0.455. The van der Waals surface area contributed by atoms with Crippen molar-refractivity contribution in [3.8, 4) is 17.2 Å². The van der Waals surface area contributed by atoms with E-state index >= 15 is 0 Å². The van der Waals surface area contributed by atoms with Crippen molar-refractivity contribution in [2.45, 2.75) is 24.8 Å². The zero-order chi connectivity index (χ0) is 11.3. The quantitative estimate of drug-likeness (QED) is 0.796. The first-order valence-electron chi connectivity index (χ1n) is 5.18. The van der Waals surface area contributed by atoms with E-state index in [1.807, 2.05) is 0 Å². The molecular weight excluding hydrogens is 213 g/mol. The highest BCUT2D eigenvalue weighted by Crippen LogP contribution is 2.46. The molecule has 0 spiro atoms. The molecule has 5 heteroatoms. The average molecular weight is 225 g/mol. The molecule has 3 rings (SSSR count). The van der Waals surface area contributed by atoms with Crippen LogP contribution >= 0.6 is 0 Å². The Morgan fingerprint density at radius 2 is 2.19 bits per heavy atom. The van der Waals surface area contributed by atoms with Crippen LogP contribution in [0, 0.1) is 5.82 Å². The molecule has 1 aliphatic heterocycles. The molecular formula is C11H12FNO3. The van der Waals surface area contributed by atoms with Gasteiger partial charge in [0.15, 0.2) is 23.1 Å². The SMILES string of the molecule is NC1(Cc2c(O)c(F)cc3c2OCO3)CC1. The first kappa shape index (κ1) is 9.72. The van der Waals surface area contributed by atoms with Crippen LogP contribution in [0.3, 0.4) is 0 Å². The van der Waals surface area contributed by atoms with Gasteiger partial charge in [0.1, 0.15) is 0 Å². The van der Waals surface area contributed by atoms with Crippen LogP contribution in [0.15, 0.2) is 6.07 Å². The molecule has 1 fully saturated rings. The Balaban J connectivity index is 2.07. The molecule has 1 aromatic carbocycles. The number of phenols is 1. The zero-order valence-corrected chi connectivity index (χ0v) is 8.62. The van der Waals surface area contributed by atoms with Crippen LogP contribution in [0.1, 0.15) is 18.4 Å².